The summed E-state index contributed by atoms with van der Waals surface area (Å²) in [5.74, 6) is 2.37. The number of rotatable bonds is 4. The van der Waals surface area contributed by atoms with Gasteiger partial charge in [-0.3, -0.25) is 0 Å². The molecule has 1 heterocycles. The lowest BCUT2D eigenvalue weighted by Gasteiger charge is -2.33. The number of hydrogen-bond acceptors (Lipinski definition) is 3. The van der Waals surface area contributed by atoms with Crippen LogP contribution in [-0.4, -0.2) is 9.97 Å². The van der Waals surface area contributed by atoms with Crippen molar-refractivity contribution in [3.63, 3.8) is 0 Å². The van der Waals surface area contributed by atoms with Crippen LogP contribution < -0.4 is 5.73 Å². The van der Waals surface area contributed by atoms with Crippen LogP contribution >= 0.6 is 0 Å². The maximum absolute atomic E-state index is 5.92. The smallest absolute Gasteiger partial charge is 0.220 e. The largest absolute Gasteiger partial charge is 0.368 e. The van der Waals surface area contributed by atoms with Gasteiger partial charge in [-0.2, -0.15) is 0 Å². The Bertz CT molecular complexity index is 521. The lowest BCUT2D eigenvalue weighted by molar-refractivity contribution is 0.355. The Morgan fingerprint density at radius 1 is 1.30 bits per heavy atom. The molecule has 0 saturated carbocycles. The number of hydrogen-bond donors (Lipinski definition) is 1. The van der Waals surface area contributed by atoms with Gasteiger partial charge in [0.2, 0.25) is 5.95 Å². The topological polar surface area (TPSA) is 51.8 Å². The number of allylic oxidation sites excluding steroid dienone is 2. The van der Waals surface area contributed by atoms with E-state index >= 15 is 0 Å². The lowest BCUT2D eigenvalue weighted by atomic mass is 9.73. The second kappa shape index (κ2) is 5.55. The third-order valence-corrected chi connectivity index (χ3v) is 4.92. The first-order chi connectivity index (χ1) is 9.70. The van der Waals surface area contributed by atoms with Crippen LogP contribution in [0.4, 0.5) is 5.95 Å². The lowest BCUT2D eigenvalue weighted by Crippen LogP contribution is -2.23. The van der Waals surface area contributed by atoms with Crippen LogP contribution in [0.1, 0.15) is 74.7 Å². The molecular formula is C17H25N3. The highest BCUT2D eigenvalue weighted by Gasteiger charge is 2.38. The van der Waals surface area contributed by atoms with Gasteiger partial charge in [-0.05, 0) is 49.5 Å². The van der Waals surface area contributed by atoms with Gasteiger partial charge < -0.3 is 5.73 Å². The Balaban J connectivity index is 1.91. The van der Waals surface area contributed by atoms with E-state index in [0.717, 1.165) is 12.8 Å². The molecule has 0 radical (unpaired) electrons. The van der Waals surface area contributed by atoms with Crippen molar-refractivity contribution in [2.75, 3.05) is 5.73 Å². The molecule has 0 aliphatic heterocycles. The summed E-state index contributed by atoms with van der Waals surface area (Å²) in [6.07, 6.45) is 11.8. The van der Waals surface area contributed by atoms with Gasteiger partial charge in [-0.25, -0.2) is 9.97 Å². The van der Waals surface area contributed by atoms with Crippen LogP contribution in [0.2, 0.25) is 0 Å². The SMILES string of the molecule is CCC/C=C\C[C@H]1c2nc(N)nc3c2[C@@H](CC3)C[C@H]1C. The van der Waals surface area contributed by atoms with Crippen LogP contribution in [0.3, 0.4) is 0 Å². The van der Waals surface area contributed by atoms with Crippen molar-refractivity contribution in [3.8, 4) is 0 Å². The molecule has 0 aromatic carbocycles. The first-order valence-corrected chi connectivity index (χ1v) is 8.01. The maximum atomic E-state index is 5.92. The van der Waals surface area contributed by atoms with E-state index in [-0.39, 0.29) is 0 Å². The predicted molar refractivity (Wildman–Crippen MR) is 82.7 cm³/mol. The highest BCUT2D eigenvalue weighted by atomic mass is 15.0. The molecule has 3 rings (SSSR count). The molecule has 3 nitrogen and oxygen atoms in total. The summed E-state index contributed by atoms with van der Waals surface area (Å²) in [6.45, 7) is 4.59. The summed E-state index contributed by atoms with van der Waals surface area (Å²) in [6, 6.07) is 0. The number of unbranched alkanes of at least 4 members (excludes halogenated alkanes) is 1. The monoisotopic (exact) mass is 271 g/mol. The Labute approximate surface area is 121 Å². The zero-order valence-electron chi connectivity index (χ0n) is 12.6. The van der Waals surface area contributed by atoms with Crippen molar-refractivity contribution in [2.24, 2.45) is 5.92 Å². The molecule has 1 aromatic heterocycles. The van der Waals surface area contributed by atoms with E-state index in [1.54, 1.807) is 0 Å². The first-order valence-electron chi connectivity index (χ1n) is 8.01. The van der Waals surface area contributed by atoms with Gasteiger partial charge in [0.1, 0.15) is 0 Å². The molecule has 0 spiro atoms. The van der Waals surface area contributed by atoms with Gasteiger partial charge in [0.15, 0.2) is 0 Å². The molecule has 3 atom stereocenters. The molecule has 0 amide bonds. The molecule has 2 N–H and O–H groups in total. The molecule has 2 aliphatic rings. The Morgan fingerprint density at radius 2 is 2.15 bits per heavy atom. The molecule has 20 heavy (non-hydrogen) atoms. The van der Waals surface area contributed by atoms with E-state index in [1.165, 1.54) is 42.6 Å². The first kappa shape index (κ1) is 13.6. The minimum absolute atomic E-state index is 0.469. The van der Waals surface area contributed by atoms with E-state index in [1.807, 2.05) is 0 Å². The molecule has 0 fully saturated rings. The summed E-state index contributed by atoms with van der Waals surface area (Å²) in [5, 5.41) is 0. The van der Waals surface area contributed by atoms with E-state index in [4.69, 9.17) is 5.73 Å². The zero-order valence-corrected chi connectivity index (χ0v) is 12.6. The van der Waals surface area contributed by atoms with E-state index < -0.39 is 0 Å². The summed E-state index contributed by atoms with van der Waals surface area (Å²) in [5.41, 5.74) is 9.86. The molecule has 0 unspecified atom stereocenters. The number of nitrogen functional groups attached to an aromatic ring is 1. The molecule has 3 heteroatoms. The molecule has 0 bridgehead atoms. The third kappa shape index (κ3) is 2.34. The fourth-order valence-corrected chi connectivity index (χ4v) is 3.92. The van der Waals surface area contributed by atoms with Gasteiger partial charge in [0, 0.05) is 11.6 Å². The Morgan fingerprint density at radius 3 is 2.95 bits per heavy atom. The molecule has 2 aliphatic carbocycles. The fourth-order valence-electron chi connectivity index (χ4n) is 3.92. The highest BCUT2D eigenvalue weighted by Crippen LogP contribution is 2.49. The predicted octanol–water partition coefficient (Wildman–Crippen LogP) is 3.96. The van der Waals surface area contributed by atoms with E-state index in [2.05, 4.69) is 36.0 Å². The third-order valence-electron chi connectivity index (χ3n) is 4.92. The Kier molecular flexibility index (Phi) is 3.77. The van der Waals surface area contributed by atoms with Crippen LogP contribution in [-0.2, 0) is 6.42 Å². The van der Waals surface area contributed by atoms with Crippen LogP contribution in [0, 0.1) is 5.92 Å². The van der Waals surface area contributed by atoms with Gasteiger partial charge >= 0.3 is 0 Å². The van der Waals surface area contributed by atoms with Crippen LogP contribution in [0.5, 0.6) is 0 Å². The van der Waals surface area contributed by atoms with Crippen molar-refractivity contribution >= 4 is 5.95 Å². The quantitative estimate of drug-likeness (QED) is 0.843. The number of aromatic nitrogens is 2. The zero-order chi connectivity index (χ0) is 14.1. The van der Waals surface area contributed by atoms with Gasteiger partial charge in [-0.15, -0.1) is 0 Å². The Hall–Kier alpha value is -1.38. The van der Waals surface area contributed by atoms with Crippen LogP contribution in [0.25, 0.3) is 0 Å². The van der Waals surface area contributed by atoms with Crippen molar-refractivity contribution in [3.05, 3.63) is 29.1 Å². The van der Waals surface area contributed by atoms with Crippen molar-refractivity contribution in [1.82, 2.24) is 9.97 Å². The summed E-state index contributed by atoms with van der Waals surface area (Å²) in [7, 11) is 0. The minimum atomic E-state index is 0.469. The molecule has 0 saturated heterocycles. The van der Waals surface area contributed by atoms with Gasteiger partial charge in [-0.1, -0.05) is 32.4 Å². The van der Waals surface area contributed by atoms with E-state index in [0.29, 0.717) is 23.7 Å². The van der Waals surface area contributed by atoms with E-state index in [9.17, 15) is 0 Å². The summed E-state index contributed by atoms with van der Waals surface area (Å²) >= 11 is 0. The minimum Gasteiger partial charge on any atom is -0.368 e. The van der Waals surface area contributed by atoms with Crippen molar-refractivity contribution in [2.45, 2.75) is 64.2 Å². The number of nitrogens with two attached hydrogens (primary N) is 1. The summed E-state index contributed by atoms with van der Waals surface area (Å²) < 4.78 is 0. The summed E-state index contributed by atoms with van der Waals surface area (Å²) in [4.78, 5) is 9.09. The molecule has 108 valence electrons. The van der Waals surface area contributed by atoms with Crippen molar-refractivity contribution < 1.29 is 0 Å². The average molecular weight is 271 g/mol. The average Bonchev–Trinajstić information content (AvgIpc) is 2.80. The second-order valence-electron chi connectivity index (χ2n) is 6.38. The van der Waals surface area contributed by atoms with Gasteiger partial charge in [0.05, 0.1) is 5.69 Å². The van der Waals surface area contributed by atoms with Crippen molar-refractivity contribution in [1.29, 1.82) is 0 Å². The normalized spacial score (nSPS) is 28.0. The maximum Gasteiger partial charge on any atom is 0.220 e. The highest BCUT2D eigenvalue weighted by molar-refractivity contribution is 5.42. The molecule has 1 aromatic rings. The van der Waals surface area contributed by atoms with Gasteiger partial charge in [0.25, 0.3) is 0 Å². The fraction of sp³-hybridized carbons (Fsp3) is 0.647. The number of nitrogens with zero attached hydrogens (tertiary/aromatic N) is 2. The molecular weight excluding hydrogens is 246 g/mol. The second-order valence-corrected chi connectivity index (χ2v) is 6.38. The van der Waals surface area contributed by atoms with Crippen LogP contribution in [0.15, 0.2) is 12.2 Å². The number of anilines is 1. The number of aryl methyl sites for hydroxylation is 1. The standard InChI is InChI=1S/C17H25N3/c1-3-4-5-6-7-13-11(2)10-12-8-9-14-15(12)16(13)20-17(18)19-14/h5-6,11-13H,3-4,7-10H2,1-2H3,(H2,18,19,20)/b6-5-/t11-,12+,13-/m1/s1.